The molecule has 0 bridgehead atoms. The second-order valence-electron chi connectivity index (χ2n) is 13.1. The van der Waals surface area contributed by atoms with Crippen LogP contribution in [0.5, 0.6) is 5.75 Å². The van der Waals surface area contributed by atoms with E-state index in [1.165, 1.54) is 11.1 Å². The third kappa shape index (κ3) is 7.29. The molecule has 6 atom stereocenters. The van der Waals surface area contributed by atoms with Crippen molar-refractivity contribution in [2.24, 2.45) is 23.2 Å². The monoisotopic (exact) mass is 616 g/mol. The topological polar surface area (TPSA) is 54.4 Å². The standard InChI is InChI=1S/C33H45F5O3S/c1-22-29(40)21-28-30-23(19-24-20-25(39)12-13-26(24)27(30)14-16-31(22,28)2)11-8-6-4-3-5-7-9-17-42(41)18-10-15-32(34,35)33(36,37)38/h12-13,20,23,27-28,30,39H,1,3-11,14-19,21H2,2H3/t23-,27?,28?,30?,31-,42?/m1/s1. The van der Waals surface area contributed by atoms with Crippen molar-refractivity contribution in [1.82, 2.24) is 0 Å². The molecule has 236 valence electrons. The number of carbonyl (C=O) groups is 1. The molecule has 3 aliphatic rings. The first-order valence-corrected chi connectivity index (χ1v) is 17.1. The lowest BCUT2D eigenvalue weighted by molar-refractivity contribution is -0.284. The van der Waals surface area contributed by atoms with Gasteiger partial charge in [0, 0.05) is 35.1 Å². The van der Waals surface area contributed by atoms with Gasteiger partial charge < -0.3 is 5.11 Å². The van der Waals surface area contributed by atoms with Gasteiger partial charge in [-0.15, -0.1) is 0 Å². The number of allylic oxidation sites excluding steroid dienone is 1. The highest BCUT2D eigenvalue weighted by molar-refractivity contribution is 7.84. The molecule has 0 spiro atoms. The van der Waals surface area contributed by atoms with Crippen molar-refractivity contribution < 1.29 is 36.1 Å². The lowest BCUT2D eigenvalue weighted by Gasteiger charge is -2.52. The van der Waals surface area contributed by atoms with Crippen molar-refractivity contribution in [2.75, 3.05) is 11.5 Å². The number of unbranched alkanes of at least 4 members (excludes halogenated alkanes) is 6. The highest BCUT2D eigenvalue weighted by Gasteiger charge is 2.57. The van der Waals surface area contributed by atoms with E-state index in [2.05, 4.69) is 19.6 Å². The van der Waals surface area contributed by atoms with Gasteiger partial charge in [0.2, 0.25) is 0 Å². The fourth-order valence-corrected chi connectivity index (χ4v) is 9.23. The number of phenolic OH excluding ortho intramolecular Hbond substituents is 1. The highest BCUT2D eigenvalue weighted by Crippen LogP contribution is 2.63. The van der Waals surface area contributed by atoms with Gasteiger partial charge in [-0.1, -0.05) is 58.1 Å². The van der Waals surface area contributed by atoms with Crippen LogP contribution in [-0.4, -0.2) is 38.7 Å². The van der Waals surface area contributed by atoms with Crippen LogP contribution in [0.4, 0.5) is 22.0 Å². The van der Waals surface area contributed by atoms with Gasteiger partial charge in [0.25, 0.3) is 0 Å². The van der Waals surface area contributed by atoms with Crippen molar-refractivity contribution in [2.45, 2.75) is 115 Å². The summed E-state index contributed by atoms with van der Waals surface area (Å²) >= 11 is 0. The Balaban J connectivity index is 1.18. The Kier molecular flexibility index (Phi) is 10.6. The van der Waals surface area contributed by atoms with E-state index in [0.717, 1.165) is 69.8 Å². The number of alkyl halides is 5. The zero-order valence-corrected chi connectivity index (χ0v) is 25.4. The van der Waals surface area contributed by atoms with Crippen molar-refractivity contribution in [3.05, 3.63) is 41.5 Å². The van der Waals surface area contributed by atoms with Crippen LogP contribution in [-0.2, 0) is 22.0 Å². The lowest BCUT2D eigenvalue weighted by atomic mass is 9.52. The molecule has 0 amide bonds. The molecule has 3 nitrogen and oxygen atoms in total. The molecule has 4 unspecified atom stereocenters. The number of halogens is 5. The minimum absolute atomic E-state index is 0.108. The summed E-state index contributed by atoms with van der Waals surface area (Å²) in [6.45, 7) is 6.44. The van der Waals surface area contributed by atoms with Gasteiger partial charge in [0.15, 0.2) is 5.78 Å². The van der Waals surface area contributed by atoms with Gasteiger partial charge in [-0.05, 0) is 96.4 Å². The largest absolute Gasteiger partial charge is 0.508 e. The molecule has 0 aliphatic heterocycles. The summed E-state index contributed by atoms with van der Waals surface area (Å²) in [7, 11) is -1.37. The van der Waals surface area contributed by atoms with E-state index < -0.39 is 35.7 Å². The van der Waals surface area contributed by atoms with E-state index in [-0.39, 0.29) is 17.0 Å². The number of phenols is 1. The van der Waals surface area contributed by atoms with E-state index in [1.807, 2.05) is 6.07 Å². The molecular formula is C33H45F5O3S. The molecule has 9 heteroatoms. The Hall–Kier alpha value is -1.77. The molecule has 0 saturated heterocycles. The van der Waals surface area contributed by atoms with Crippen LogP contribution >= 0.6 is 0 Å². The van der Waals surface area contributed by atoms with Gasteiger partial charge in [0.1, 0.15) is 5.75 Å². The molecule has 4 rings (SSSR count). The first-order valence-electron chi connectivity index (χ1n) is 15.6. The number of hydrogen-bond donors (Lipinski definition) is 1. The first kappa shape index (κ1) is 33.1. The molecule has 0 heterocycles. The van der Waals surface area contributed by atoms with Crippen LogP contribution < -0.4 is 0 Å². The molecule has 42 heavy (non-hydrogen) atoms. The number of benzene rings is 1. The molecule has 0 aromatic heterocycles. The van der Waals surface area contributed by atoms with Crippen LogP contribution in [0.25, 0.3) is 0 Å². The molecule has 2 saturated carbocycles. The number of ketones is 1. The number of Topliss-reactive ketones (excluding diaryl/α,β-unsaturated/α-hetero) is 1. The molecule has 0 radical (unpaired) electrons. The predicted octanol–water partition coefficient (Wildman–Crippen LogP) is 9.06. The third-order valence-corrected chi connectivity index (χ3v) is 11.9. The maximum atomic E-state index is 13.0. The third-order valence-electron chi connectivity index (χ3n) is 10.4. The Morgan fingerprint density at radius 3 is 2.31 bits per heavy atom. The van der Waals surface area contributed by atoms with Crippen LogP contribution in [0.2, 0.25) is 0 Å². The average molecular weight is 617 g/mol. The van der Waals surface area contributed by atoms with Crippen LogP contribution in [0.15, 0.2) is 30.4 Å². The second kappa shape index (κ2) is 13.5. The fourth-order valence-electron chi connectivity index (χ4n) is 8.03. The highest BCUT2D eigenvalue weighted by atomic mass is 32.2. The second-order valence-corrected chi connectivity index (χ2v) is 14.8. The van der Waals surface area contributed by atoms with Gasteiger partial charge in [-0.2, -0.15) is 22.0 Å². The Bertz CT molecular complexity index is 1150. The zero-order chi connectivity index (χ0) is 30.7. The van der Waals surface area contributed by atoms with Crippen molar-refractivity contribution >= 4 is 16.6 Å². The maximum Gasteiger partial charge on any atom is 0.453 e. The number of aromatic hydroxyl groups is 1. The minimum atomic E-state index is -5.55. The number of rotatable bonds is 14. The summed E-state index contributed by atoms with van der Waals surface area (Å²) in [5, 5.41) is 10.2. The summed E-state index contributed by atoms with van der Waals surface area (Å²) in [6, 6.07) is 5.81. The molecule has 2 fully saturated rings. The van der Waals surface area contributed by atoms with E-state index >= 15 is 0 Å². The van der Waals surface area contributed by atoms with Crippen LogP contribution in [0.3, 0.4) is 0 Å². The number of hydrogen-bond acceptors (Lipinski definition) is 3. The Labute approximate surface area is 249 Å². The van der Waals surface area contributed by atoms with Crippen LogP contribution in [0.1, 0.15) is 107 Å². The first-order chi connectivity index (χ1) is 19.7. The van der Waals surface area contributed by atoms with Crippen molar-refractivity contribution in [1.29, 1.82) is 0 Å². The SMILES string of the molecule is C=C1C(=O)CC2C3C(CC[C@]12C)c1ccc(O)cc1C[C@H]3CCCCCCCCCS(=O)CCCC(F)(F)C(F)(F)F. The number of fused-ring (bicyclic) bond motifs is 5. The summed E-state index contributed by atoms with van der Waals surface area (Å²) in [4.78, 5) is 12.8. The van der Waals surface area contributed by atoms with Crippen LogP contribution in [0, 0.1) is 23.2 Å². The Morgan fingerprint density at radius 2 is 1.62 bits per heavy atom. The molecule has 1 aromatic rings. The van der Waals surface area contributed by atoms with Crippen molar-refractivity contribution in [3.8, 4) is 5.75 Å². The summed E-state index contributed by atoms with van der Waals surface area (Å²) in [5.74, 6) is -2.30. The van der Waals surface area contributed by atoms with Gasteiger partial charge in [-0.25, -0.2) is 0 Å². The van der Waals surface area contributed by atoms with Gasteiger partial charge in [0.05, 0.1) is 0 Å². The fraction of sp³-hybridized carbons (Fsp3) is 0.727. The number of carbonyl (C=O) groups excluding carboxylic acids is 1. The predicted molar refractivity (Wildman–Crippen MR) is 156 cm³/mol. The molecular weight excluding hydrogens is 571 g/mol. The quantitative estimate of drug-likeness (QED) is 0.129. The van der Waals surface area contributed by atoms with Crippen molar-refractivity contribution in [3.63, 3.8) is 0 Å². The van der Waals surface area contributed by atoms with E-state index in [9.17, 15) is 36.1 Å². The molecule has 1 N–H and O–H groups in total. The van der Waals surface area contributed by atoms with E-state index in [1.54, 1.807) is 6.07 Å². The summed E-state index contributed by atoms with van der Waals surface area (Å²) in [5.41, 5.74) is 3.30. The smallest absolute Gasteiger partial charge is 0.453 e. The average Bonchev–Trinajstić information content (AvgIpc) is 3.14. The summed E-state index contributed by atoms with van der Waals surface area (Å²) < 4.78 is 74.6. The van der Waals surface area contributed by atoms with Gasteiger partial charge >= 0.3 is 12.1 Å². The normalized spacial score (nSPS) is 28.3. The lowest BCUT2D eigenvalue weighted by Crippen LogP contribution is -2.44. The maximum absolute atomic E-state index is 13.0. The minimum Gasteiger partial charge on any atom is -0.508 e. The molecule has 3 aliphatic carbocycles. The molecule has 1 aromatic carbocycles. The van der Waals surface area contributed by atoms with E-state index in [4.69, 9.17) is 0 Å². The Morgan fingerprint density at radius 1 is 0.976 bits per heavy atom. The summed E-state index contributed by atoms with van der Waals surface area (Å²) in [6.07, 6.45) is 4.27. The van der Waals surface area contributed by atoms with E-state index in [0.29, 0.717) is 48.0 Å². The van der Waals surface area contributed by atoms with Gasteiger partial charge in [-0.3, -0.25) is 9.00 Å². The zero-order valence-electron chi connectivity index (χ0n) is 24.6.